The Labute approximate surface area is 118 Å². The molecular weight excluding hydrogens is 312 g/mol. The molecule has 0 saturated carbocycles. The van der Waals surface area contributed by atoms with E-state index in [9.17, 15) is 10.1 Å². The molecule has 2 rings (SSSR count). The van der Waals surface area contributed by atoms with Crippen LogP contribution in [0.2, 0.25) is 0 Å². The van der Waals surface area contributed by atoms with Crippen molar-refractivity contribution in [1.29, 1.82) is 0 Å². The molecule has 6 nitrogen and oxygen atoms in total. The van der Waals surface area contributed by atoms with E-state index in [2.05, 4.69) is 31.2 Å². The van der Waals surface area contributed by atoms with Crippen LogP contribution in [0.25, 0.3) is 11.3 Å². The molecule has 1 N–H and O–H groups in total. The Bertz CT molecular complexity index is 618. The second kappa shape index (κ2) is 5.75. The number of hydrogen-bond acceptors (Lipinski definition) is 5. The molecule has 98 valence electrons. The van der Waals surface area contributed by atoms with Gasteiger partial charge in [-0.05, 0) is 13.0 Å². The van der Waals surface area contributed by atoms with E-state index >= 15 is 0 Å². The lowest BCUT2D eigenvalue weighted by Crippen LogP contribution is -2.06. The van der Waals surface area contributed by atoms with Gasteiger partial charge in [-0.15, -0.1) is 0 Å². The molecular formula is C12H11BrN4O2. The minimum Gasteiger partial charge on any atom is -0.365 e. The molecule has 2 aromatic rings. The average Bonchev–Trinajstić information content (AvgIpc) is 2.39. The van der Waals surface area contributed by atoms with Crippen LogP contribution >= 0.6 is 15.9 Å². The number of rotatable bonds is 4. The standard InChI is InChI=1S/C12H11BrN4O2/c1-2-14-12-11(17(18)19)10(15-7-16-12)8-5-3-4-6-9(8)13/h3-7H,2H2,1H3,(H,14,15,16). The lowest BCUT2D eigenvalue weighted by molar-refractivity contribution is -0.383. The van der Waals surface area contributed by atoms with Crippen LogP contribution in [0.4, 0.5) is 11.5 Å². The fraction of sp³-hybridized carbons (Fsp3) is 0.167. The summed E-state index contributed by atoms with van der Waals surface area (Å²) in [6.07, 6.45) is 1.32. The van der Waals surface area contributed by atoms with E-state index in [4.69, 9.17) is 0 Å². The summed E-state index contributed by atoms with van der Waals surface area (Å²) in [5.74, 6) is 0.230. The molecule has 7 heteroatoms. The molecule has 0 atom stereocenters. The Kier molecular flexibility index (Phi) is 4.06. The first kappa shape index (κ1) is 13.4. The first-order chi connectivity index (χ1) is 9.15. The predicted molar refractivity (Wildman–Crippen MR) is 76.0 cm³/mol. The highest BCUT2D eigenvalue weighted by Crippen LogP contribution is 2.36. The summed E-state index contributed by atoms with van der Waals surface area (Å²) in [5.41, 5.74) is 0.843. The molecule has 1 aromatic carbocycles. The van der Waals surface area contributed by atoms with Crippen molar-refractivity contribution in [3.63, 3.8) is 0 Å². The molecule has 0 unspecified atom stereocenters. The van der Waals surface area contributed by atoms with Crippen molar-refractivity contribution < 1.29 is 4.92 Å². The average molecular weight is 323 g/mol. The summed E-state index contributed by atoms with van der Waals surface area (Å²) in [6.45, 7) is 2.40. The number of nitro groups is 1. The molecule has 19 heavy (non-hydrogen) atoms. The molecule has 0 bridgehead atoms. The summed E-state index contributed by atoms with van der Waals surface area (Å²) in [4.78, 5) is 18.8. The van der Waals surface area contributed by atoms with E-state index in [0.717, 1.165) is 4.47 Å². The highest BCUT2D eigenvalue weighted by molar-refractivity contribution is 9.10. The first-order valence-corrected chi connectivity index (χ1v) is 6.42. The molecule has 0 radical (unpaired) electrons. The van der Waals surface area contributed by atoms with E-state index in [1.54, 1.807) is 12.1 Å². The van der Waals surface area contributed by atoms with Gasteiger partial charge in [0, 0.05) is 16.6 Å². The molecule has 0 aliphatic carbocycles. The van der Waals surface area contributed by atoms with Crippen LogP contribution in [0.5, 0.6) is 0 Å². The van der Waals surface area contributed by atoms with Crippen LogP contribution in [0.15, 0.2) is 35.1 Å². The monoisotopic (exact) mass is 322 g/mol. The molecule has 0 fully saturated rings. The maximum absolute atomic E-state index is 11.3. The van der Waals surface area contributed by atoms with E-state index in [1.165, 1.54) is 6.33 Å². The zero-order chi connectivity index (χ0) is 13.8. The van der Waals surface area contributed by atoms with E-state index in [1.807, 2.05) is 19.1 Å². The Morgan fingerprint density at radius 3 is 2.74 bits per heavy atom. The van der Waals surface area contributed by atoms with Gasteiger partial charge in [-0.1, -0.05) is 34.1 Å². The fourth-order valence-electron chi connectivity index (χ4n) is 1.70. The van der Waals surface area contributed by atoms with E-state index < -0.39 is 4.92 Å². The van der Waals surface area contributed by atoms with Gasteiger partial charge >= 0.3 is 5.69 Å². The van der Waals surface area contributed by atoms with E-state index in [-0.39, 0.29) is 11.5 Å². The van der Waals surface area contributed by atoms with Crippen molar-refractivity contribution in [3.8, 4) is 11.3 Å². The molecule has 0 saturated heterocycles. The van der Waals surface area contributed by atoms with Crippen LogP contribution in [-0.2, 0) is 0 Å². The van der Waals surface area contributed by atoms with Crippen molar-refractivity contribution in [2.24, 2.45) is 0 Å². The van der Waals surface area contributed by atoms with Crippen molar-refractivity contribution in [2.75, 3.05) is 11.9 Å². The number of anilines is 1. The highest BCUT2D eigenvalue weighted by atomic mass is 79.9. The third-order valence-corrected chi connectivity index (χ3v) is 3.17. The predicted octanol–water partition coefficient (Wildman–Crippen LogP) is 3.25. The van der Waals surface area contributed by atoms with Crippen LogP contribution < -0.4 is 5.32 Å². The molecule has 0 spiro atoms. The molecule has 0 aliphatic rings. The Morgan fingerprint density at radius 2 is 2.11 bits per heavy atom. The largest absolute Gasteiger partial charge is 0.365 e. The minimum absolute atomic E-state index is 0.115. The lowest BCUT2D eigenvalue weighted by Gasteiger charge is -2.08. The molecule has 1 heterocycles. The maximum atomic E-state index is 11.3. The van der Waals surface area contributed by atoms with Gasteiger partial charge in [-0.25, -0.2) is 9.97 Å². The quantitative estimate of drug-likeness (QED) is 0.690. The number of benzene rings is 1. The number of halogens is 1. The Hall–Kier alpha value is -2.02. The summed E-state index contributed by atoms with van der Waals surface area (Å²) in [6, 6.07) is 7.23. The number of nitrogens with zero attached hydrogens (tertiary/aromatic N) is 3. The van der Waals surface area contributed by atoms with Gasteiger partial charge in [0.25, 0.3) is 0 Å². The SMILES string of the molecule is CCNc1ncnc(-c2ccccc2Br)c1[N+](=O)[O-]. The molecule has 0 amide bonds. The Morgan fingerprint density at radius 1 is 1.37 bits per heavy atom. The second-order valence-electron chi connectivity index (χ2n) is 3.69. The van der Waals surface area contributed by atoms with Gasteiger partial charge in [0.2, 0.25) is 5.82 Å². The van der Waals surface area contributed by atoms with Crippen LogP contribution in [0.1, 0.15) is 6.92 Å². The third kappa shape index (κ3) is 2.70. The highest BCUT2D eigenvalue weighted by Gasteiger charge is 2.24. The van der Waals surface area contributed by atoms with Gasteiger partial charge in [-0.2, -0.15) is 0 Å². The van der Waals surface area contributed by atoms with Crippen molar-refractivity contribution in [1.82, 2.24) is 9.97 Å². The van der Waals surface area contributed by atoms with Gasteiger partial charge in [0.05, 0.1) is 4.92 Å². The third-order valence-electron chi connectivity index (χ3n) is 2.48. The van der Waals surface area contributed by atoms with Crippen LogP contribution in [0.3, 0.4) is 0 Å². The second-order valence-corrected chi connectivity index (χ2v) is 4.54. The van der Waals surface area contributed by atoms with Gasteiger partial charge in [0.1, 0.15) is 6.33 Å². The van der Waals surface area contributed by atoms with Gasteiger partial charge < -0.3 is 5.32 Å². The van der Waals surface area contributed by atoms with Crippen molar-refractivity contribution in [3.05, 3.63) is 45.2 Å². The lowest BCUT2D eigenvalue weighted by atomic mass is 10.1. The molecule has 1 aromatic heterocycles. The van der Waals surface area contributed by atoms with Gasteiger partial charge in [0.15, 0.2) is 5.69 Å². The summed E-state index contributed by atoms with van der Waals surface area (Å²) >= 11 is 3.38. The Balaban J connectivity index is 2.67. The number of hydrogen-bond donors (Lipinski definition) is 1. The number of nitrogens with one attached hydrogen (secondary N) is 1. The van der Waals surface area contributed by atoms with Crippen molar-refractivity contribution in [2.45, 2.75) is 6.92 Å². The first-order valence-electron chi connectivity index (χ1n) is 5.63. The fourth-order valence-corrected chi connectivity index (χ4v) is 2.17. The maximum Gasteiger partial charge on any atom is 0.337 e. The topological polar surface area (TPSA) is 81.0 Å². The summed E-state index contributed by atoms with van der Waals surface area (Å²) in [7, 11) is 0. The van der Waals surface area contributed by atoms with E-state index in [0.29, 0.717) is 17.8 Å². The summed E-state index contributed by atoms with van der Waals surface area (Å²) < 4.78 is 0.749. The summed E-state index contributed by atoms with van der Waals surface area (Å²) in [5, 5.41) is 14.2. The van der Waals surface area contributed by atoms with Gasteiger partial charge in [-0.3, -0.25) is 10.1 Å². The number of aromatic nitrogens is 2. The minimum atomic E-state index is -0.466. The zero-order valence-electron chi connectivity index (χ0n) is 10.1. The zero-order valence-corrected chi connectivity index (χ0v) is 11.7. The molecule has 0 aliphatic heterocycles. The smallest absolute Gasteiger partial charge is 0.337 e. The van der Waals surface area contributed by atoms with Crippen molar-refractivity contribution >= 4 is 27.4 Å². The normalized spacial score (nSPS) is 10.2. The van der Waals surface area contributed by atoms with Crippen LogP contribution in [0, 0.1) is 10.1 Å². The van der Waals surface area contributed by atoms with Crippen LogP contribution in [-0.4, -0.2) is 21.4 Å².